The second-order valence-corrected chi connectivity index (χ2v) is 1.96. The number of pyridine rings is 1. The van der Waals surface area contributed by atoms with Crippen LogP contribution >= 0.6 is 0 Å². The molecule has 0 bridgehead atoms. The number of hydrogen-bond acceptors (Lipinski definition) is 3. The topological polar surface area (TPSA) is 97.3 Å². The Hall–Kier alpha value is -1.78. The van der Waals surface area contributed by atoms with Crippen molar-refractivity contribution >= 4 is 5.84 Å². The number of nitrogens with one attached hydrogen (secondary N) is 1. The molecule has 0 aromatic carbocycles. The zero-order valence-electron chi connectivity index (χ0n) is 5.74. The average molecular weight is 152 g/mol. The molecular formula is C6H8N4O. The van der Waals surface area contributed by atoms with Crippen molar-refractivity contribution in [1.29, 1.82) is 0 Å². The smallest absolute Gasteiger partial charge is 0.247 e. The van der Waals surface area contributed by atoms with Crippen molar-refractivity contribution in [3.05, 3.63) is 34.2 Å². The predicted molar refractivity (Wildman–Crippen MR) is 42.0 cm³/mol. The van der Waals surface area contributed by atoms with E-state index in [2.05, 4.69) is 10.1 Å². The van der Waals surface area contributed by atoms with Crippen molar-refractivity contribution < 1.29 is 0 Å². The van der Waals surface area contributed by atoms with E-state index in [4.69, 9.17) is 11.6 Å². The molecule has 0 aliphatic carbocycles. The maximum Gasteiger partial charge on any atom is 0.247 e. The number of nitrogens with zero attached hydrogens (tertiary/aromatic N) is 1. The predicted octanol–water partition coefficient (Wildman–Crippen LogP) is -1.05. The van der Waals surface area contributed by atoms with E-state index in [1.807, 2.05) is 0 Å². The first-order valence-electron chi connectivity index (χ1n) is 2.96. The Kier molecular flexibility index (Phi) is 1.91. The van der Waals surface area contributed by atoms with Crippen LogP contribution in [0.4, 0.5) is 0 Å². The Morgan fingerprint density at radius 3 is 2.73 bits per heavy atom. The van der Waals surface area contributed by atoms with Crippen LogP contribution in [0.25, 0.3) is 0 Å². The van der Waals surface area contributed by atoms with Gasteiger partial charge in [-0.15, -0.1) is 0 Å². The molecule has 11 heavy (non-hydrogen) atoms. The molecule has 1 rings (SSSR count). The number of hydrazone groups is 1. The number of hydrogen-bond donors (Lipinski definition) is 3. The molecule has 0 saturated heterocycles. The molecule has 5 heteroatoms. The van der Waals surface area contributed by atoms with Gasteiger partial charge in [0.25, 0.3) is 0 Å². The van der Waals surface area contributed by atoms with Crippen molar-refractivity contribution in [3.8, 4) is 0 Å². The standard InChI is InChI=1S/C6H8N4O/c7-6(10-8)4-1-2-5(11)9-3-4/h1-3H,8H2,(H2,7,10)(H,9,11). The number of rotatable bonds is 1. The van der Waals surface area contributed by atoms with E-state index in [-0.39, 0.29) is 11.4 Å². The third-order valence-electron chi connectivity index (χ3n) is 1.22. The van der Waals surface area contributed by atoms with E-state index in [9.17, 15) is 4.79 Å². The molecule has 58 valence electrons. The molecule has 0 spiro atoms. The summed E-state index contributed by atoms with van der Waals surface area (Å²) < 4.78 is 0. The van der Waals surface area contributed by atoms with Crippen LogP contribution in [0.15, 0.2) is 28.2 Å². The second kappa shape index (κ2) is 2.87. The van der Waals surface area contributed by atoms with Gasteiger partial charge >= 0.3 is 0 Å². The molecule has 0 aliphatic rings. The van der Waals surface area contributed by atoms with Crippen molar-refractivity contribution in [2.24, 2.45) is 16.7 Å². The first-order chi connectivity index (χ1) is 5.24. The van der Waals surface area contributed by atoms with E-state index in [1.54, 1.807) is 6.07 Å². The fourth-order valence-electron chi connectivity index (χ4n) is 0.644. The molecule has 1 heterocycles. The molecule has 0 aliphatic heterocycles. The normalized spacial score (nSPS) is 11.5. The van der Waals surface area contributed by atoms with E-state index in [0.29, 0.717) is 5.56 Å². The summed E-state index contributed by atoms with van der Waals surface area (Å²) in [6.07, 6.45) is 1.45. The van der Waals surface area contributed by atoms with Gasteiger partial charge in [-0.2, -0.15) is 5.10 Å². The van der Waals surface area contributed by atoms with Crippen molar-refractivity contribution in [1.82, 2.24) is 4.98 Å². The van der Waals surface area contributed by atoms with Gasteiger partial charge in [0.15, 0.2) is 5.84 Å². The lowest BCUT2D eigenvalue weighted by Gasteiger charge is -1.95. The fourth-order valence-corrected chi connectivity index (χ4v) is 0.644. The summed E-state index contributed by atoms with van der Waals surface area (Å²) in [6, 6.07) is 2.90. The Labute approximate surface area is 62.7 Å². The molecule has 0 saturated carbocycles. The lowest BCUT2D eigenvalue weighted by Crippen LogP contribution is -2.17. The number of aromatic amines is 1. The molecule has 1 aromatic heterocycles. The Morgan fingerprint density at radius 1 is 1.55 bits per heavy atom. The quantitative estimate of drug-likeness (QED) is 0.207. The molecule has 5 nitrogen and oxygen atoms in total. The molecule has 5 N–H and O–H groups in total. The maximum absolute atomic E-state index is 10.6. The highest BCUT2D eigenvalue weighted by molar-refractivity contribution is 5.96. The highest BCUT2D eigenvalue weighted by Crippen LogP contribution is 1.89. The first kappa shape index (κ1) is 7.33. The van der Waals surface area contributed by atoms with E-state index in [1.165, 1.54) is 12.3 Å². The number of aromatic nitrogens is 1. The zero-order valence-corrected chi connectivity index (χ0v) is 5.74. The summed E-state index contributed by atoms with van der Waals surface area (Å²) in [5.41, 5.74) is 5.77. The number of nitrogens with two attached hydrogens (primary N) is 2. The van der Waals surface area contributed by atoms with Crippen molar-refractivity contribution in [2.45, 2.75) is 0 Å². The SMILES string of the molecule is N/N=C(/N)c1ccc(=O)[nH]c1. The van der Waals surface area contributed by atoms with Crippen LogP contribution in [-0.2, 0) is 0 Å². The van der Waals surface area contributed by atoms with Gasteiger partial charge in [-0.3, -0.25) is 4.79 Å². The van der Waals surface area contributed by atoms with Gasteiger partial charge in [-0.1, -0.05) is 0 Å². The lowest BCUT2D eigenvalue weighted by molar-refractivity contribution is 1.19. The van der Waals surface area contributed by atoms with Crippen LogP contribution in [-0.4, -0.2) is 10.8 Å². The van der Waals surface area contributed by atoms with E-state index in [0.717, 1.165) is 0 Å². The van der Waals surface area contributed by atoms with Gasteiger partial charge in [0.1, 0.15) is 0 Å². The average Bonchev–Trinajstić information content (AvgIpc) is 2.05. The van der Waals surface area contributed by atoms with Crippen LogP contribution < -0.4 is 17.1 Å². The second-order valence-electron chi connectivity index (χ2n) is 1.96. The summed E-state index contributed by atoms with van der Waals surface area (Å²) in [6.45, 7) is 0. The first-order valence-corrected chi connectivity index (χ1v) is 2.96. The third kappa shape index (κ3) is 1.57. The van der Waals surface area contributed by atoms with E-state index < -0.39 is 0 Å². The van der Waals surface area contributed by atoms with Gasteiger partial charge in [-0.25, -0.2) is 0 Å². The highest BCUT2D eigenvalue weighted by atomic mass is 16.1. The molecule has 0 atom stereocenters. The monoisotopic (exact) mass is 152 g/mol. The van der Waals surface area contributed by atoms with Crippen LogP contribution in [0, 0.1) is 0 Å². The van der Waals surface area contributed by atoms with Gasteiger partial charge in [-0.05, 0) is 6.07 Å². The third-order valence-corrected chi connectivity index (χ3v) is 1.22. The molecule has 0 amide bonds. The van der Waals surface area contributed by atoms with Gasteiger partial charge in [0.05, 0.1) is 0 Å². The molecule has 0 fully saturated rings. The summed E-state index contributed by atoms with van der Waals surface area (Å²) in [5.74, 6) is 5.11. The molecule has 0 unspecified atom stereocenters. The number of amidine groups is 1. The van der Waals surface area contributed by atoms with Crippen LogP contribution in [0.3, 0.4) is 0 Å². The minimum Gasteiger partial charge on any atom is -0.382 e. The molecular weight excluding hydrogens is 144 g/mol. The number of H-pyrrole nitrogens is 1. The lowest BCUT2D eigenvalue weighted by atomic mass is 10.3. The Balaban J connectivity index is 3.09. The van der Waals surface area contributed by atoms with Crippen LogP contribution in [0.1, 0.15) is 5.56 Å². The molecule has 0 radical (unpaired) electrons. The summed E-state index contributed by atoms with van der Waals surface area (Å²) in [7, 11) is 0. The fraction of sp³-hybridized carbons (Fsp3) is 0. The minimum absolute atomic E-state index is 0.182. The van der Waals surface area contributed by atoms with Crippen LogP contribution in [0.2, 0.25) is 0 Å². The van der Waals surface area contributed by atoms with Crippen LogP contribution in [0.5, 0.6) is 0 Å². The van der Waals surface area contributed by atoms with Crippen molar-refractivity contribution in [3.63, 3.8) is 0 Å². The largest absolute Gasteiger partial charge is 0.382 e. The zero-order chi connectivity index (χ0) is 8.27. The van der Waals surface area contributed by atoms with Crippen molar-refractivity contribution in [2.75, 3.05) is 0 Å². The maximum atomic E-state index is 10.6. The highest BCUT2D eigenvalue weighted by Gasteiger charge is 1.95. The Morgan fingerprint density at radius 2 is 2.27 bits per heavy atom. The summed E-state index contributed by atoms with van der Waals surface area (Å²) in [4.78, 5) is 13.0. The minimum atomic E-state index is -0.182. The Bertz CT molecular complexity index is 307. The van der Waals surface area contributed by atoms with Gasteiger partial charge < -0.3 is 16.6 Å². The van der Waals surface area contributed by atoms with E-state index >= 15 is 0 Å². The van der Waals surface area contributed by atoms with Gasteiger partial charge in [0.2, 0.25) is 5.56 Å². The van der Waals surface area contributed by atoms with Gasteiger partial charge in [0, 0.05) is 17.8 Å². The summed E-state index contributed by atoms with van der Waals surface area (Å²) in [5, 5.41) is 3.26. The molecule has 1 aromatic rings. The summed E-state index contributed by atoms with van der Waals surface area (Å²) >= 11 is 0.